The first kappa shape index (κ1) is 15.6. The molecule has 0 bridgehead atoms. The van der Waals surface area contributed by atoms with Crippen LogP contribution >= 0.6 is 0 Å². The van der Waals surface area contributed by atoms with Crippen LogP contribution in [0.4, 0.5) is 4.79 Å². The molecular formula is C13H25N3O3S. The number of carbonyl (C=O) groups excluding carboxylic acids is 1. The van der Waals surface area contributed by atoms with Gasteiger partial charge in [0.1, 0.15) is 0 Å². The number of amides is 2. The number of carbonyl (C=O) groups is 1. The summed E-state index contributed by atoms with van der Waals surface area (Å²) in [7, 11) is -2.86. The van der Waals surface area contributed by atoms with Crippen LogP contribution in [0.5, 0.6) is 0 Å². The van der Waals surface area contributed by atoms with Gasteiger partial charge in [-0.2, -0.15) is 0 Å². The van der Waals surface area contributed by atoms with Crippen molar-refractivity contribution >= 4 is 15.9 Å². The third kappa shape index (κ3) is 4.09. The van der Waals surface area contributed by atoms with Crippen molar-refractivity contribution in [2.75, 3.05) is 44.2 Å². The van der Waals surface area contributed by atoms with E-state index in [1.165, 1.54) is 0 Å². The minimum Gasteiger partial charge on any atom is -0.338 e. The van der Waals surface area contributed by atoms with Crippen LogP contribution in [-0.2, 0) is 9.84 Å². The van der Waals surface area contributed by atoms with Crippen LogP contribution in [-0.4, -0.2) is 74.5 Å². The van der Waals surface area contributed by atoms with Crippen molar-refractivity contribution in [1.82, 2.24) is 15.1 Å². The summed E-state index contributed by atoms with van der Waals surface area (Å²) in [6.07, 6.45) is 0.670. The maximum absolute atomic E-state index is 12.0. The molecule has 0 aromatic carbocycles. The van der Waals surface area contributed by atoms with Crippen molar-refractivity contribution in [3.63, 3.8) is 0 Å². The Morgan fingerprint density at radius 2 is 1.90 bits per heavy atom. The lowest BCUT2D eigenvalue weighted by Crippen LogP contribution is -2.53. The van der Waals surface area contributed by atoms with Gasteiger partial charge in [-0.15, -0.1) is 0 Å². The molecule has 2 rings (SSSR count). The third-order valence-corrected chi connectivity index (χ3v) is 6.04. The van der Waals surface area contributed by atoms with Crippen molar-refractivity contribution < 1.29 is 13.2 Å². The van der Waals surface area contributed by atoms with Crippen LogP contribution in [0.2, 0.25) is 0 Å². The van der Waals surface area contributed by atoms with E-state index in [-0.39, 0.29) is 23.5 Å². The molecule has 2 aliphatic rings. The highest BCUT2D eigenvalue weighted by atomic mass is 32.2. The van der Waals surface area contributed by atoms with Gasteiger partial charge in [0.25, 0.3) is 0 Å². The molecule has 0 unspecified atom stereocenters. The van der Waals surface area contributed by atoms with Gasteiger partial charge in [0.05, 0.1) is 11.5 Å². The molecule has 7 heteroatoms. The minimum absolute atomic E-state index is 0.0577. The fraction of sp³-hybridized carbons (Fsp3) is 0.923. The molecule has 0 spiro atoms. The van der Waals surface area contributed by atoms with Gasteiger partial charge in [-0.1, -0.05) is 0 Å². The Hall–Kier alpha value is -0.820. The van der Waals surface area contributed by atoms with Crippen LogP contribution in [0, 0.1) is 5.92 Å². The molecule has 6 nitrogen and oxygen atoms in total. The molecule has 0 aromatic rings. The zero-order valence-electron chi connectivity index (χ0n) is 12.3. The number of nitrogens with zero attached hydrogens (tertiary/aromatic N) is 2. The fourth-order valence-corrected chi connectivity index (χ4v) is 4.68. The Morgan fingerprint density at radius 1 is 1.25 bits per heavy atom. The maximum Gasteiger partial charge on any atom is 0.317 e. The van der Waals surface area contributed by atoms with Gasteiger partial charge < -0.3 is 10.2 Å². The van der Waals surface area contributed by atoms with Crippen molar-refractivity contribution in [2.24, 2.45) is 5.92 Å². The molecule has 1 atom stereocenters. The lowest BCUT2D eigenvalue weighted by atomic mass is 10.1. The van der Waals surface area contributed by atoms with Crippen LogP contribution in [0.15, 0.2) is 0 Å². The summed E-state index contributed by atoms with van der Waals surface area (Å²) in [6, 6.07) is 0.460. The predicted molar refractivity (Wildman–Crippen MR) is 78.4 cm³/mol. The SMILES string of the molecule is CC(C)N1CCN(C(=O)NC[C@@H]2CCS(=O)(=O)C2)CC1. The van der Waals surface area contributed by atoms with Gasteiger partial charge in [0, 0.05) is 38.8 Å². The Bertz CT molecular complexity index is 442. The number of hydrogen-bond donors (Lipinski definition) is 1. The van der Waals surface area contributed by atoms with Crippen molar-refractivity contribution in [3.8, 4) is 0 Å². The van der Waals surface area contributed by atoms with Crippen LogP contribution in [0.3, 0.4) is 0 Å². The Morgan fingerprint density at radius 3 is 2.40 bits per heavy atom. The van der Waals surface area contributed by atoms with E-state index in [1.54, 1.807) is 0 Å². The van der Waals surface area contributed by atoms with Gasteiger partial charge >= 0.3 is 6.03 Å². The topological polar surface area (TPSA) is 69.7 Å². The summed E-state index contributed by atoms with van der Waals surface area (Å²) in [5.41, 5.74) is 0. The number of rotatable bonds is 3. The number of nitrogens with one attached hydrogen (secondary N) is 1. The number of urea groups is 1. The third-order valence-electron chi connectivity index (χ3n) is 4.20. The smallest absolute Gasteiger partial charge is 0.317 e. The first-order valence-electron chi connectivity index (χ1n) is 7.34. The highest BCUT2D eigenvalue weighted by Crippen LogP contribution is 2.17. The predicted octanol–water partition coefficient (Wildman–Crippen LogP) is 0.157. The van der Waals surface area contributed by atoms with E-state index in [9.17, 15) is 13.2 Å². The van der Waals surface area contributed by atoms with E-state index in [4.69, 9.17) is 0 Å². The highest BCUT2D eigenvalue weighted by Gasteiger charge is 2.29. The molecule has 0 radical (unpaired) electrons. The standard InChI is InChI=1S/C13H25N3O3S/c1-11(2)15-4-6-16(7-5-15)13(17)14-9-12-3-8-20(18,19)10-12/h11-12H,3-10H2,1-2H3,(H,14,17)/t12-/m0/s1. The van der Waals surface area contributed by atoms with Crippen molar-refractivity contribution in [1.29, 1.82) is 0 Å². The van der Waals surface area contributed by atoms with Crippen LogP contribution in [0.1, 0.15) is 20.3 Å². The summed E-state index contributed by atoms with van der Waals surface area (Å²) < 4.78 is 22.7. The average molecular weight is 303 g/mol. The summed E-state index contributed by atoms with van der Waals surface area (Å²) in [4.78, 5) is 16.2. The highest BCUT2D eigenvalue weighted by molar-refractivity contribution is 7.91. The largest absolute Gasteiger partial charge is 0.338 e. The summed E-state index contributed by atoms with van der Waals surface area (Å²) >= 11 is 0. The molecular weight excluding hydrogens is 278 g/mol. The lowest BCUT2D eigenvalue weighted by molar-refractivity contribution is 0.119. The molecule has 2 amide bonds. The Labute approximate surface area is 121 Å². The normalized spacial score (nSPS) is 26.9. The van der Waals surface area contributed by atoms with Crippen LogP contribution < -0.4 is 5.32 Å². The first-order chi connectivity index (χ1) is 9.37. The average Bonchev–Trinajstić information content (AvgIpc) is 2.75. The van der Waals surface area contributed by atoms with Crippen molar-refractivity contribution in [3.05, 3.63) is 0 Å². The second kappa shape index (κ2) is 6.30. The lowest BCUT2D eigenvalue weighted by Gasteiger charge is -2.36. The maximum atomic E-state index is 12.0. The van der Waals surface area contributed by atoms with E-state index < -0.39 is 9.84 Å². The van der Waals surface area contributed by atoms with Gasteiger partial charge in [0.2, 0.25) is 0 Å². The van der Waals surface area contributed by atoms with E-state index in [0.717, 1.165) is 26.2 Å². The molecule has 2 heterocycles. The van der Waals surface area contributed by atoms with Gasteiger partial charge in [-0.3, -0.25) is 4.90 Å². The molecule has 2 aliphatic heterocycles. The zero-order chi connectivity index (χ0) is 14.8. The number of hydrogen-bond acceptors (Lipinski definition) is 4. The quantitative estimate of drug-likeness (QED) is 0.806. The van der Waals surface area contributed by atoms with E-state index in [1.807, 2.05) is 4.90 Å². The molecule has 1 N–H and O–H groups in total. The minimum atomic E-state index is -2.86. The molecule has 0 aliphatic carbocycles. The summed E-state index contributed by atoms with van der Waals surface area (Å²) in [5.74, 6) is 0.565. The molecule has 0 aromatic heterocycles. The summed E-state index contributed by atoms with van der Waals surface area (Å²) in [6.45, 7) is 8.10. The molecule has 2 fully saturated rings. The van der Waals surface area contributed by atoms with Crippen LogP contribution in [0.25, 0.3) is 0 Å². The number of sulfone groups is 1. The molecule has 20 heavy (non-hydrogen) atoms. The Kier molecular flexibility index (Phi) is 4.90. The van der Waals surface area contributed by atoms with E-state index in [0.29, 0.717) is 19.0 Å². The zero-order valence-corrected chi connectivity index (χ0v) is 13.2. The fourth-order valence-electron chi connectivity index (χ4n) is 2.82. The van der Waals surface area contributed by atoms with Gasteiger partial charge in [-0.05, 0) is 26.2 Å². The Balaban J connectivity index is 1.71. The van der Waals surface area contributed by atoms with E-state index >= 15 is 0 Å². The summed E-state index contributed by atoms with van der Waals surface area (Å²) in [5, 5.41) is 2.88. The second-order valence-electron chi connectivity index (χ2n) is 6.07. The van der Waals surface area contributed by atoms with E-state index in [2.05, 4.69) is 24.1 Å². The molecule has 0 saturated carbocycles. The second-order valence-corrected chi connectivity index (χ2v) is 8.30. The van der Waals surface area contributed by atoms with Crippen molar-refractivity contribution in [2.45, 2.75) is 26.3 Å². The number of piperazine rings is 1. The monoisotopic (exact) mass is 303 g/mol. The molecule has 2 saturated heterocycles. The van der Waals surface area contributed by atoms with Gasteiger partial charge in [0.15, 0.2) is 9.84 Å². The van der Waals surface area contributed by atoms with Gasteiger partial charge in [-0.25, -0.2) is 13.2 Å². The molecule has 116 valence electrons. The first-order valence-corrected chi connectivity index (χ1v) is 9.17.